The number of aromatic amines is 1. The zero-order valence-electron chi connectivity index (χ0n) is 9.94. The van der Waals surface area contributed by atoms with Gasteiger partial charge in [-0.15, -0.1) is 0 Å². The van der Waals surface area contributed by atoms with Crippen molar-refractivity contribution in [3.05, 3.63) is 42.2 Å². The van der Waals surface area contributed by atoms with E-state index < -0.39 is 11.7 Å². The van der Waals surface area contributed by atoms with Crippen LogP contribution in [0, 0.1) is 0 Å². The van der Waals surface area contributed by atoms with E-state index in [1.165, 1.54) is 6.07 Å². The number of hydrogen-bond donors (Lipinski definition) is 2. The number of nitrogens with zero attached hydrogens (tertiary/aromatic N) is 3. The van der Waals surface area contributed by atoms with Crippen LogP contribution < -0.4 is 5.32 Å². The fourth-order valence-corrected chi connectivity index (χ4v) is 1.71. The van der Waals surface area contributed by atoms with Gasteiger partial charge in [0.05, 0.1) is 16.6 Å². The Morgan fingerprint density at radius 1 is 1.10 bits per heavy atom. The number of fused-ring (bicyclic) bond motifs is 1. The van der Waals surface area contributed by atoms with Gasteiger partial charge in [0.2, 0.25) is 11.9 Å². The number of hydrogen-bond acceptors (Lipinski definition) is 4. The van der Waals surface area contributed by atoms with Gasteiger partial charge in [-0.1, -0.05) is 7.43 Å². The molecule has 8 heteroatoms. The summed E-state index contributed by atoms with van der Waals surface area (Å²) in [7, 11) is 0. The third-order valence-corrected chi connectivity index (χ3v) is 2.61. The molecular weight excluding hydrogens is 283 g/mol. The smallest absolute Gasteiger partial charge is 0.324 e. The fourth-order valence-electron chi connectivity index (χ4n) is 1.71. The molecule has 0 spiro atoms. The number of alkyl halides is 3. The van der Waals surface area contributed by atoms with Crippen molar-refractivity contribution in [2.24, 2.45) is 0 Å². The third-order valence-electron chi connectivity index (χ3n) is 2.61. The van der Waals surface area contributed by atoms with Crippen LogP contribution in [-0.4, -0.2) is 19.9 Å². The SMILES string of the molecule is C.FC(F)(F)c1ccc2nc(Nc3ncccn3)[nH]c2c1. The van der Waals surface area contributed by atoms with E-state index in [0.29, 0.717) is 17.0 Å². The molecular formula is C13H12F3N5. The highest BCUT2D eigenvalue weighted by Crippen LogP contribution is 2.31. The van der Waals surface area contributed by atoms with Crippen molar-refractivity contribution in [1.82, 2.24) is 19.9 Å². The Kier molecular flexibility index (Phi) is 3.79. The van der Waals surface area contributed by atoms with Crippen molar-refractivity contribution < 1.29 is 13.2 Å². The highest BCUT2D eigenvalue weighted by molar-refractivity contribution is 5.78. The molecule has 0 unspecified atom stereocenters. The van der Waals surface area contributed by atoms with Crippen LogP contribution in [0.15, 0.2) is 36.7 Å². The summed E-state index contributed by atoms with van der Waals surface area (Å²) in [6.07, 6.45) is -1.30. The molecule has 0 saturated carbocycles. The molecule has 0 fully saturated rings. The molecule has 2 heterocycles. The lowest BCUT2D eigenvalue weighted by Gasteiger charge is -2.05. The van der Waals surface area contributed by atoms with E-state index in [-0.39, 0.29) is 13.4 Å². The molecule has 21 heavy (non-hydrogen) atoms. The number of halogens is 3. The molecule has 2 aromatic heterocycles. The second-order valence-corrected chi connectivity index (χ2v) is 4.01. The van der Waals surface area contributed by atoms with Crippen LogP contribution in [0.3, 0.4) is 0 Å². The van der Waals surface area contributed by atoms with Crippen LogP contribution in [0.2, 0.25) is 0 Å². The fraction of sp³-hybridized carbons (Fsp3) is 0.154. The van der Waals surface area contributed by atoms with E-state index in [1.807, 2.05) is 0 Å². The molecule has 1 aromatic carbocycles. The van der Waals surface area contributed by atoms with Gasteiger partial charge in [0.1, 0.15) is 0 Å². The molecule has 0 aliphatic rings. The minimum atomic E-state index is -4.38. The van der Waals surface area contributed by atoms with Crippen molar-refractivity contribution in [2.75, 3.05) is 5.32 Å². The standard InChI is InChI=1S/C12H8F3N5.CH4/c13-12(14,15)7-2-3-8-9(6-7)19-11(18-8)20-10-16-4-1-5-17-10;/h1-6H,(H2,16,17,18,19,20);1H4. The van der Waals surface area contributed by atoms with E-state index in [4.69, 9.17) is 0 Å². The van der Waals surface area contributed by atoms with Crippen LogP contribution in [0.4, 0.5) is 25.1 Å². The zero-order chi connectivity index (χ0) is 14.2. The van der Waals surface area contributed by atoms with Gasteiger partial charge in [-0.25, -0.2) is 15.0 Å². The first-order valence-corrected chi connectivity index (χ1v) is 5.63. The van der Waals surface area contributed by atoms with Crippen molar-refractivity contribution in [3.8, 4) is 0 Å². The van der Waals surface area contributed by atoms with Gasteiger partial charge in [0, 0.05) is 12.4 Å². The quantitative estimate of drug-likeness (QED) is 0.755. The maximum atomic E-state index is 12.6. The molecule has 3 rings (SSSR count). The molecule has 0 amide bonds. The second kappa shape index (κ2) is 5.39. The maximum Gasteiger partial charge on any atom is 0.416 e. The van der Waals surface area contributed by atoms with Crippen molar-refractivity contribution in [1.29, 1.82) is 0 Å². The molecule has 3 aromatic rings. The highest BCUT2D eigenvalue weighted by Gasteiger charge is 2.30. The molecule has 0 atom stereocenters. The van der Waals surface area contributed by atoms with Crippen LogP contribution in [0.25, 0.3) is 11.0 Å². The summed E-state index contributed by atoms with van der Waals surface area (Å²) in [5.74, 6) is 0.591. The third kappa shape index (κ3) is 3.10. The molecule has 110 valence electrons. The van der Waals surface area contributed by atoms with E-state index in [0.717, 1.165) is 12.1 Å². The molecule has 0 aliphatic carbocycles. The Labute approximate surface area is 118 Å². The average molecular weight is 295 g/mol. The number of nitrogens with one attached hydrogen (secondary N) is 2. The number of aromatic nitrogens is 4. The van der Waals surface area contributed by atoms with Crippen LogP contribution in [0.5, 0.6) is 0 Å². The lowest BCUT2D eigenvalue weighted by Crippen LogP contribution is -2.04. The molecule has 0 radical (unpaired) electrons. The molecule has 5 nitrogen and oxygen atoms in total. The van der Waals surface area contributed by atoms with Gasteiger partial charge in [0.15, 0.2) is 0 Å². The van der Waals surface area contributed by atoms with Crippen LogP contribution >= 0.6 is 0 Å². The first-order valence-electron chi connectivity index (χ1n) is 5.63. The van der Waals surface area contributed by atoms with E-state index >= 15 is 0 Å². The normalized spacial score (nSPS) is 11.2. The molecule has 0 bridgehead atoms. The first-order chi connectivity index (χ1) is 9.52. The molecule has 0 saturated heterocycles. The largest absolute Gasteiger partial charge is 0.416 e. The topological polar surface area (TPSA) is 66.5 Å². The minimum absolute atomic E-state index is 0. The minimum Gasteiger partial charge on any atom is -0.324 e. The Morgan fingerprint density at radius 3 is 2.48 bits per heavy atom. The Balaban J connectivity index is 0.00000161. The zero-order valence-corrected chi connectivity index (χ0v) is 9.94. The van der Waals surface area contributed by atoms with E-state index in [2.05, 4.69) is 25.3 Å². The number of imidazole rings is 1. The van der Waals surface area contributed by atoms with Crippen molar-refractivity contribution in [2.45, 2.75) is 13.6 Å². The predicted molar refractivity (Wildman–Crippen MR) is 73.1 cm³/mol. The first kappa shape index (κ1) is 14.8. The van der Waals surface area contributed by atoms with E-state index in [9.17, 15) is 13.2 Å². The lowest BCUT2D eigenvalue weighted by molar-refractivity contribution is -0.137. The number of H-pyrrole nitrogens is 1. The molecule has 2 N–H and O–H groups in total. The Morgan fingerprint density at radius 2 is 1.81 bits per heavy atom. The maximum absolute atomic E-state index is 12.6. The highest BCUT2D eigenvalue weighted by atomic mass is 19.4. The summed E-state index contributed by atoms with van der Waals surface area (Å²) in [6, 6.07) is 4.97. The van der Waals surface area contributed by atoms with Crippen LogP contribution in [0.1, 0.15) is 13.0 Å². The van der Waals surface area contributed by atoms with Crippen molar-refractivity contribution >= 4 is 22.9 Å². The van der Waals surface area contributed by atoms with Gasteiger partial charge in [-0.05, 0) is 24.3 Å². The monoisotopic (exact) mass is 295 g/mol. The van der Waals surface area contributed by atoms with Crippen LogP contribution in [-0.2, 0) is 6.18 Å². The summed E-state index contributed by atoms with van der Waals surface area (Å²) in [6.45, 7) is 0. The number of anilines is 2. The number of rotatable bonds is 2. The molecule has 0 aliphatic heterocycles. The van der Waals surface area contributed by atoms with Gasteiger partial charge in [-0.2, -0.15) is 13.2 Å². The summed E-state index contributed by atoms with van der Waals surface area (Å²) in [5, 5.41) is 2.78. The van der Waals surface area contributed by atoms with Gasteiger partial charge in [-0.3, -0.25) is 5.32 Å². The van der Waals surface area contributed by atoms with Crippen molar-refractivity contribution in [3.63, 3.8) is 0 Å². The Hall–Kier alpha value is -2.64. The number of benzene rings is 1. The Bertz CT molecular complexity index is 736. The second-order valence-electron chi connectivity index (χ2n) is 4.01. The summed E-state index contributed by atoms with van der Waals surface area (Å²) >= 11 is 0. The van der Waals surface area contributed by atoms with Gasteiger partial charge >= 0.3 is 6.18 Å². The average Bonchev–Trinajstić information content (AvgIpc) is 2.80. The van der Waals surface area contributed by atoms with Gasteiger partial charge in [0.25, 0.3) is 0 Å². The van der Waals surface area contributed by atoms with E-state index in [1.54, 1.807) is 18.5 Å². The predicted octanol–water partition coefficient (Wildman–Crippen LogP) is 3.75. The lowest BCUT2D eigenvalue weighted by atomic mass is 10.2. The van der Waals surface area contributed by atoms with Gasteiger partial charge < -0.3 is 4.98 Å². The summed E-state index contributed by atoms with van der Waals surface area (Å²) in [4.78, 5) is 14.7. The summed E-state index contributed by atoms with van der Waals surface area (Å²) < 4.78 is 37.8. The summed E-state index contributed by atoms with van der Waals surface area (Å²) in [5.41, 5.74) is -0.00847.